The summed E-state index contributed by atoms with van der Waals surface area (Å²) in [6, 6.07) is 7.48. The zero-order valence-corrected chi connectivity index (χ0v) is 17.0. The fourth-order valence-electron chi connectivity index (χ4n) is 3.38. The first-order valence-corrected chi connectivity index (χ1v) is 10.3. The van der Waals surface area contributed by atoms with Gasteiger partial charge in [0.15, 0.2) is 0 Å². The second-order valence-corrected chi connectivity index (χ2v) is 7.87. The first-order valence-electron chi connectivity index (χ1n) is 9.51. The Morgan fingerprint density at radius 2 is 2.14 bits per heavy atom. The number of ether oxygens (including phenoxy) is 2. The smallest absolute Gasteiger partial charge is 0.339 e. The molecule has 6 heteroatoms. The molecular formula is C22H25NO4S. The van der Waals surface area contributed by atoms with Crippen molar-refractivity contribution in [2.45, 2.75) is 37.5 Å². The minimum Gasteiger partial charge on any atom is -0.472 e. The van der Waals surface area contributed by atoms with Crippen LogP contribution in [0.5, 0.6) is 0 Å². The van der Waals surface area contributed by atoms with Crippen molar-refractivity contribution in [2.75, 3.05) is 13.7 Å². The van der Waals surface area contributed by atoms with E-state index in [0.717, 1.165) is 35.3 Å². The maximum atomic E-state index is 12.1. The number of esters is 1. The van der Waals surface area contributed by atoms with Crippen LogP contribution in [-0.2, 0) is 14.3 Å². The highest BCUT2D eigenvalue weighted by molar-refractivity contribution is 8.03. The van der Waals surface area contributed by atoms with Crippen LogP contribution >= 0.6 is 11.8 Å². The number of methoxy groups -OCH3 is 1. The molecule has 2 aliphatic rings. The topological polar surface area (TPSA) is 64.6 Å². The minimum absolute atomic E-state index is 0.0908. The van der Waals surface area contributed by atoms with Gasteiger partial charge in [-0.25, -0.2) is 4.79 Å². The maximum Gasteiger partial charge on any atom is 0.339 e. The fraction of sp³-hybridized carbons (Fsp3) is 0.364. The average molecular weight is 400 g/mol. The number of thioether (sulfide) groups is 1. The number of amides is 1. The van der Waals surface area contributed by atoms with Gasteiger partial charge in [0.05, 0.1) is 25.2 Å². The molecule has 1 aromatic carbocycles. The van der Waals surface area contributed by atoms with Gasteiger partial charge >= 0.3 is 5.97 Å². The molecule has 0 radical (unpaired) electrons. The summed E-state index contributed by atoms with van der Waals surface area (Å²) >= 11 is 1.60. The second kappa shape index (κ2) is 9.64. The molecule has 0 aromatic heterocycles. The number of allylic oxidation sites excluding steroid dienone is 3. The highest BCUT2D eigenvalue weighted by atomic mass is 32.2. The van der Waals surface area contributed by atoms with Crippen molar-refractivity contribution in [3.05, 3.63) is 64.5 Å². The van der Waals surface area contributed by atoms with Crippen molar-refractivity contribution in [1.29, 1.82) is 0 Å². The van der Waals surface area contributed by atoms with Crippen molar-refractivity contribution in [3.8, 4) is 0 Å². The Morgan fingerprint density at radius 1 is 1.32 bits per heavy atom. The minimum atomic E-state index is -0.334. The lowest BCUT2D eigenvalue weighted by atomic mass is 9.83. The third-order valence-electron chi connectivity index (χ3n) is 4.83. The highest BCUT2D eigenvalue weighted by Crippen LogP contribution is 2.44. The van der Waals surface area contributed by atoms with Gasteiger partial charge in [0.25, 0.3) is 0 Å². The molecule has 0 fully saturated rings. The van der Waals surface area contributed by atoms with E-state index in [4.69, 9.17) is 9.47 Å². The van der Waals surface area contributed by atoms with Gasteiger partial charge in [-0.1, -0.05) is 30.8 Å². The monoisotopic (exact) mass is 399 g/mol. The van der Waals surface area contributed by atoms with Crippen LogP contribution in [0, 0.1) is 5.92 Å². The van der Waals surface area contributed by atoms with E-state index in [-0.39, 0.29) is 17.8 Å². The molecule has 0 bridgehead atoms. The molecule has 0 saturated carbocycles. The first-order chi connectivity index (χ1) is 13.6. The molecule has 5 nitrogen and oxygen atoms in total. The number of carbonyl (C=O) groups is 2. The Labute approximate surface area is 169 Å². The molecule has 28 heavy (non-hydrogen) atoms. The Kier molecular flexibility index (Phi) is 6.98. The first kappa shape index (κ1) is 20.3. The molecule has 1 atom stereocenters. The van der Waals surface area contributed by atoms with E-state index < -0.39 is 0 Å². The summed E-state index contributed by atoms with van der Waals surface area (Å²) in [5.41, 5.74) is 2.79. The number of rotatable bonds is 7. The van der Waals surface area contributed by atoms with Crippen molar-refractivity contribution in [1.82, 2.24) is 5.32 Å². The molecular weight excluding hydrogens is 374 g/mol. The predicted molar refractivity (Wildman–Crippen MR) is 110 cm³/mol. The van der Waals surface area contributed by atoms with E-state index in [1.165, 1.54) is 12.0 Å². The van der Waals surface area contributed by atoms with Gasteiger partial charge in [0, 0.05) is 29.4 Å². The summed E-state index contributed by atoms with van der Waals surface area (Å²) in [5, 5.41) is 3.03. The molecule has 0 spiro atoms. The van der Waals surface area contributed by atoms with Crippen LogP contribution in [0.2, 0.25) is 0 Å². The SMILES string of the molecule is CCCC(=O)NCC1CCC(Sc2ccccc2C(=O)OC)=C2C=COC=C21. The van der Waals surface area contributed by atoms with E-state index in [9.17, 15) is 9.59 Å². The summed E-state index contributed by atoms with van der Waals surface area (Å²) in [5.74, 6) is -0.0201. The predicted octanol–water partition coefficient (Wildman–Crippen LogP) is 4.57. The number of fused-ring (bicyclic) bond motifs is 1. The molecule has 1 unspecified atom stereocenters. The van der Waals surface area contributed by atoms with E-state index in [1.54, 1.807) is 30.4 Å². The van der Waals surface area contributed by atoms with Crippen LogP contribution in [0.1, 0.15) is 43.0 Å². The molecule has 1 aliphatic carbocycles. The number of carbonyl (C=O) groups excluding carboxylic acids is 2. The van der Waals surface area contributed by atoms with Crippen LogP contribution in [0.25, 0.3) is 0 Å². The molecule has 1 amide bonds. The lowest BCUT2D eigenvalue weighted by Crippen LogP contribution is -2.31. The molecule has 148 valence electrons. The second-order valence-electron chi connectivity index (χ2n) is 6.73. The Bertz CT molecular complexity index is 841. The normalized spacial score (nSPS) is 18.1. The van der Waals surface area contributed by atoms with Crippen molar-refractivity contribution < 1.29 is 19.1 Å². The van der Waals surface area contributed by atoms with Crippen LogP contribution in [0.15, 0.2) is 63.8 Å². The van der Waals surface area contributed by atoms with Crippen molar-refractivity contribution in [2.24, 2.45) is 5.92 Å². The van der Waals surface area contributed by atoms with Crippen LogP contribution < -0.4 is 5.32 Å². The number of benzene rings is 1. The lowest BCUT2D eigenvalue weighted by molar-refractivity contribution is -0.121. The maximum absolute atomic E-state index is 12.1. The van der Waals surface area contributed by atoms with Crippen LogP contribution in [-0.4, -0.2) is 25.5 Å². The van der Waals surface area contributed by atoms with Gasteiger partial charge in [-0.3, -0.25) is 4.79 Å². The number of nitrogens with one attached hydrogen (secondary N) is 1. The standard InChI is InChI=1S/C22H25NO4S/c1-3-6-21(24)23-13-15-9-10-20(16-11-12-27-14-18(15)16)28-19-8-5-4-7-17(19)22(25)26-2/h4-5,7-8,11-12,14-15H,3,6,9-10,13H2,1-2H3,(H,23,24). The van der Waals surface area contributed by atoms with Gasteiger partial charge in [0.2, 0.25) is 5.91 Å². The lowest BCUT2D eigenvalue weighted by Gasteiger charge is -2.30. The Hall–Kier alpha value is -2.47. The van der Waals surface area contributed by atoms with E-state index in [0.29, 0.717) is 18.5 Å². The van der Waals surface area contributed by atoms with Crippen molar-refractivity contribution in [3.63, 3.8) is 0 Å². The van der Waals surface area contributed by atoms with Crippen LogP contribution in [0.3, 0.4) is 0 Å². The summed E-state index contributed by atoms with van der Waals surface area (Å²) < 4.78 is 10.3. The third-order valence-corrected chi connectivity index (χ3v) is 6.07. The number of hydrogen-bond donors (Lipinski definition) is 1. The Morgan fingerprint density at radius 3 is 2.93 bits per heavy atom. The molecule has 0 saturated heterocycles. The third kappa shape index (κ3) is 4.68. The molecule has 1 N–H and O–H groups in total. The molecule has 1 aliphatic heterocycles. The zero-order chi connectivity index (χ0) is 19.9. The summed E-state index contributed by atoms with van der Waals surface area (Å²) in [4.78, 5) is 26.0. The largest absolute Gasteiger partial charge is 0.472 e. The number of hydrogen-bond acceptors (Lipinski definition) is 5. The zero-order valence-electron chi connectivity index (χ0n) is 16.2. The fourth-order valence-corrected chi connectivity index (χ4v) is 4.57. The molecule has 3 rings (SSSR count). The molecule has 1 heterocycles. The Balaban J connectivity index is 1.81. The van der Waals surface area contributed by atoms with E-state index in [1.807, 2.05) is 31.2 Å². The summed E-state index contributed by atoms with van der Waals surface area (Å²) in [7, 11) is 1.39. The van der Waals surface area contributed by atoms with E-state index in [2.05, 4.69) is 5.32 Å². The van der Waals surface area contributed by atoms with Gasteiger partial charge < -0.3 is 14.8 Å². The van der Waals surface area contributed by atoms with Gasteiger partial charge in [-0.2, -0.15) is 0 Å². The van der Waals surface area contributed by atoms with Crippen LogP contribution in [0.4, 0.5) is 0 Å². The summed E-state index contributed by atoms with van der Waals surface area (Å²) in [6.07, 6.45) is 8.61. The average Bonchev–Trinajstić information content (AvgIpc) is 2.73. The quantitative estimate of drug-likeness (QED) is 0.680. The van der Waals surface area contributed by atoms with Gasteiger partial charge in [-0.05, 0) is 47.9 Å². The van der Waals surface area contributed by atoms with Gasteiger partial charge in [-0.15, -0.1) is 0 Å². The van der Waals surface area contributed by atoms with E-state index >= 15 is 0 Å². The van der Waals surface area contributed by atoms with Crippen molar-refractivity contribution >= 4 is 23.6 Å². The summed E-state index contributed by atoms with van der Waals surface area (Å²) in [6.45, 7) is 2.61. The van der Waals surface area contributed by atoms with Gasteiger partial charge in [0.1, 0.15) is 0 Å². The molecule has 1 aromatic rings. The highest BCUT2D eigenvalue weighted by Gasteiger charge is 2.28.